The van der Waals surface area contributed by atoms with Crippen LogP contribution in [0.25, 0.3) is 0 Å². The van der Waals surface area contributed by atoms with Gasteiger partial charge >= 0.3 is 0 Å². The van der Waals surface area contributed by atoms with E-state index < -0.39 is 0 Å². The molecule has 5 heteroatoms. The molecule has 0 bridgehead atoms. The van der Waals surface area contributed by atoms with Crippen molar-refractivity contribution in [3.63, 3.8) is 0 Å². The average Bonchev–Trinajstić information content (AvgIpc) is 2.62. The lowest BCUT2D eigenvalue weighted by Crippen LogP contribution is -1.84. The standard InChI is InChI=1S/C9H8BrN3S/c1-6-4-7(10)8(13-5-6)14-9-11-2-3-12-9/h2-5H,1H3,(H,11,12). The highest BCUT2D eigenvalue weighted by atomic mass is 79.9. The van der Waals surface area contributed by atoms with Crippen LogP contribution in [0.5, 0.6) is 0 Å². The molecule has 0 saturated carbocycles. The van der Waals surface area contributed by atoms with Crippen LogP contribution < -0.4 is 0 Å². The summed E-state index contributed by atoms with van der Waals surface area (Å²) in [6.45, 7) is 2.01. The van der Waals surface area contributed by atoms with E-state index in [1.54, 1.807) is 12.4 Å². The molecule has 0 saturated heterocycles. The summed E-state index contributed by atoms with van der Waals surface area (Å²) in [5, 5.41) is 1.77. The van der Waals surface area contributed by atoms with Gasteiger partial charge < -0.3 is 4.98 Å². The van der Waals surface area contributed by atoms with Gasteiger partial charge in [0.05, 0.1) is 4.47 Å². The first-order valence-electron chi connectivity index (χ1n) is 4.05. The monoisotopic (exact) mass is 269 g/mol. The summed E-state index contributed by atoms with van der Waals surface area (Å²) >= 11 is 4.97. The summed E-state index contributed by atoms with van der Waals surface area (Å²) in [6, 6.07) is 2.04. The van der Waals surface area contributed by atoms with E-state index in [9.17, 15) is 0 Å². The molecule has 14 heavy (non-hydrogen) atoms. The summed E-state index contributed by atoms with van der Waals surface area (Å²) in [4.78, 5) is 11.4. The summed E-state index contributed by atoms with van der Waals surface area (Å²) in [6.07, 6.45) is 5.37. The Labute approximate surface area is 94.5 Å². The Morgan fingerprint density at radius 1 is 1.43 bits per heavy atom. The van der Waals surface area contributed by atoms with Crippen LogP contribution in [0, 0.1) is 6.92 Å². The molecule has 0 fully saturated rings. The third kappa shape index (κ3) is 2.16. The van der Waals surface area contributed by atoms with Crippen LogP contribution in [-0.2, 0) is 0 Å². The Bertz CT molecular complexity index is 428. The van der Waals surface area contributed by atoms with Gasteiger partial charge in [-0.15, -0.1) is 0 Å². The number of hydrogen-bond donors (Lipinski definition) is 1. The van der Waals surface area contributed by atoms with Gasteiger partial charge in [-0.25, -0.2) is 9.97 Å². The van der Waals surface area contributed by atoms with Crippen LogP contribution in [0.2, 0.25) is 0 Å². The van der Waals surface area contributed by atoms with E-state index in [2.05, 4.69) is 30.9 Å². The fourth-order valence-corrected chi connectivity index (χ4v) is 2.39. The van der Waals surface area contributed by atoms with Crippen LogP contribution in [0.4, 0.5) is 0 Å². The first-order chi connectivity index (χ1) is 6.75. The van der Waals surface area contributed by atoms with E-state index in [0.29, 0.717) is 0 Å². The van der Waals surface area contributed by atoms with Gasteiger partial charge in [-0.05, 0) is 46.2 Å². The van der Waals surface area contributed by atoms with Crippen LogP contribution in [0.1, 0.15) is 5.56 Å². The summed E-state index contributed by atoms with van der Waals surface area (Å²) in [5.41, 5.74) is 1.14. The number of rotatable bonds is 2. The summed E-state index contributed by atoms with van der Waals surface area (Å²) in [7, 11) is 0. The Morgan fingerprint density at radius 2 is 2.29 bits per heavy atom. The van der Waals surface area contributed by atoms with E-state index in [0.717, 1.165) is 20.2 Å². The molecule has 72 valence electrons. The van der Waals surface area contributed by atoms with E-state index in [1.807, 2.05) is 19.2 Å². The zero-order chi connectivity index (χ0) is 9.97. The molecule has 0 aromatic carbocycles. The highest BCUT2D eigenvalue weighted by Gasteiger charge is 2.05. The van der Waals surface area contributed by atoms with Gasteiger partial charge in [0.25, 0.3) is 0 Å². The maximum atomic E-state index is 4.31. The zero-order valence-electron chi connectivity index (χ0n) is 7.49. The molecule has 0 unspecified atom stereocenters. The smallest absolute Gasteiger partial charge is 0.171 e. The van der Waals surface area contributed by atoms with Crippen LogP contribution in [0.3, 0.4) is 0 Å². The molecular formula is C9H8BrN3S. The maximum absolute atomic E-state index is 4.31. The lowest BCUT2D eigenvalue weighted by molar-refractivity contribution is 1.03. The molecule has 0 radical (unpaired) electrons. The molecule has 2 aromatic heterocycles. The van der Waals surface area contributed by atoms with E-state index in [1.165, 1.54) is 11.8 Å². The molecular weight excluding hydrogens is 262 g/mol. The molecule has 0 atom stereocenters. The molecule has 0 aliphatic carbocycles. The van der Waals surface area contributed by atoms with E-state index in [4.69, 9.17) is 0 Å². The summed E-state index contributed by atoms with van der Waals surface area (Å²) < 4.78 is 0.999. The molecule has 2 rings (SSSR count). The van der Waals surface area contributed by atoms with Crippen molar-refractivity contribution >= 4 is 27.7 Å². The maximum Gasteiger partial charge on any atom is 0.171 e. The molecule has 0 amide bonds. The lowest BCUT2D eigenvalue weighted by Gasteiger charge is -2.01. The Balaban J connectivity index is 2.25. The van der Waals surface area contributed by atoms with Crippen LogP contribution in [-0.4, -0.2) is 15.0 Å². The zero-order valence-corrected chi connectivity index (χ0v) is 9.89. The minimum Gasteiger partial charge on any atom is -0.339 e. The lowest BCUT2D eigenvalue weighted by atomic mass is 10.3. The van der Waals surface area contributed by atoms with Gasteiger partial charge in [0.2, 0.25) is 0 Å². The Hall–Kier alpha value is -0.810. The number of nitrogens with one attached hydrogen (secondary N) is 1. The van der Waals surface area contributed by atoms with Crippen LogP contribution in [0.15, 0.2) is 39.3 Å². The average molecular weight is 270 g/mol. The Morgan fingerprint density at radius 3 is 2.93 bits per heavy atom. The molecule has 0 aliphatic heterocycles. The molecule has 2 aromatic rings. The third-order valence-corrected chi connectivity index (χ3v) is 3.41. The fraction of sp³-hybridized carbons (Fsp3) is 0.111. The number of aromatic amines is 1. The Kier molecular flexibility index (Phi) is 2.88. The van der Waals surface area contributed by atoms with Crippen molar-refractivity contribution < 1.29 is 0 Å². The van der Waals surface area contributed by atoms with E-state index in [-0.39, 0.29) is 0 Å². The summed E-state index contributed by atoms with van der Waals surface area (Å²) in [5.74, 6) is 0. The normalized spacial score (nSPS) is 10.4. The molecule has 3 nitrogen and oxygen atoms in total. The number of imidazole rings is 1. The quantitative estimate of drug-likeness (QED) is 0.912. The van der Waals surface area contributed by atoms with Crippen molar-refractivity contribution in [1.29, 1.82) is 0 Å². The SMILES string of the molecule is Cc1cnc(Sc2ncc[nH]2)c(Br)c1. The van der Waals surface area contributed by atoms with Crippen molar-refractivity contribution in [2.75, 3.05) is 0 Å². The van der Waals surface area contributed by atoms with Crippen molar-refractivity contribution in [3.8, 4) is 0 Å². The number of H-pyrrole nitrogens is 1. The number of hydrogen-bond acceptors (Lipinski definition) is 3. The van der Waals surface area contributed by atoms with Crippen molar-refractivity contribution in [2.45, 2.75) is 17.1 Å². The minimum absolute atomic E-state index is 0.849. The second-order valence-electron chi connectivity index (χ2n) is 2.80. The number of pyridine rings is 1. The first kappa shape index (κ1) is 9.73. The number of halogens is 1. The third-order valence-electron chi connectivity index (χ3n) is 1.61. The highest BCUT2D eigenvalue weighted by molar-refractivity contribution is 9.10. The predicted molar refractivity (Wildman–Crippen MR) is 59.4 cm³/mol. The molecule has 2 heterocycles. The van der Waals surface area contributed by atoms with Gasteiger partial charge in [-0.2, -0.15) is 0 Å². The van der Waals surface area contributed by atoms with Gasteiger partial charge in [-0.3, -0.25) is 0 Å². The molecule has 0 aliphatic rings. The second-order valence-corrected chi connectivity index (χ2v) is 4.63. The predicted octanol–water partition coefficient (Wildman–Crippen LogP) is 3.03. The fourth-order valence-electron chi connectivity index (χ4n) is 0.994. The first-order valence-corrected chi connectivity index (χ1v) is 5.66. The van der Waals surface area contributed by atoms with Gasteiger partial charge in [-0.1, -0.05) is 0 Å². The number of nitrogens with zero attached hydrogens (tertiary/aromatic N) is 2. The van der Waals surface area contributed by atoms with Crippen molar-refractivity contribution in [2.24, 2.45) is 0 Å². The van der Waals surface area contributed by atoms with E-state index >= 15 is 0 Å². The van der Waals surface area contributed by atoms with Crippen LogP contribution >= 0.6 is 27.7 Å². The van der Waals surface area contributed by atoms with Gasteiger partial charge in [0, 0.05) is 18.6 Å². The second kappa shape index (κ2) is 4.14. The number of aryl methyl sites for hydroxylation is 1. The van der Waals surface area contributed by atoms with Gasteiger partial charge in [0.1, 0.15) is 5.03 Å². The van der Waals surface area contributed by atoms with Gasteiger partial charge in [0.15, 0.2) is 5.16 Å². The molecule has 0 spiro atoms. The topological polar surface area (TPSA) is 41.6 Å². The largest absolute Gasteiger partial charge is 0.339 e. The number of aromatic nitrogens is 3. The minimum atomic E-state index is 0.849. The van der Waals surface area contributed by atoms with Crippen molar-refractivity contribution in [3.05, 3.63) is 34.7 Å². The molecule has 1 N–H and O–H groups in total. The highest BCUT2D eigenvalue weighted by Crippen LogP contribution is 2.29. The van der Waals surface area contributed by atoms with Crippen molar-refractivity contribution in [1.82, 2.24) is 15.0 Å².